The van der Waals surface area contributed by atoms with Crippen molar-refractivity contribution in [3.8, 4) is 0 Å². The lowest BCUT2D eigenvalue weighted by Crippen LogP contribution is -2.40. The van der Waals surface area contributed by atoms with Gasteiger partial charge in [-0.25, -0.2) is 4.68 Å². The first-order chi connectivity index (χ1) is 15.1. The van der Waals surface area contributed by atoms with Crippen LogP contribution in [-0.4, -0.2) is 55.9 Å². The molecule has 31 heavy (non-hydrogen) atoms. The van der Waals surface area contributed by atoms with Crippen LogP contribution in [-0.2, 0) is 11.3 Å². The van der Waals surface area contributed by atoms with Crippen molar-refractivity contribution in [2.75, 3.05) is 19.7 Å². The van der Waals surface area contributed by atoms with Crippen molar-refractivity contribution in [2.45, 2.75) is 58.2 Å². The van der Waals surface area contributed by atoms with Crippen molar-refractivity contribution in [1.29, 1.82) is 0 Å². The number of ether oxygens (including phenoxy) is 1. The molecule has 8 heteroatoms. The minimum Gasteiger partial charge on any atom is -0.376 e. The number of piperidine rings is 1. The Morgan fingerprint density at radius 2 is 2.06 bits per heavy atom. The van der Waals surface area contributed by atoms with Gasteiger partial charge < -0.3 is 9.72 Å². The SMILES string of the molecule is Cc1ccc2cc([C@@H](c3nnnn3C[C@@H]3CCCO3)N3CCC(C)CC3)c(=O)[nH]c2c1. The first-order valence-electron chi connectivity index (χ1n) is 11.3. The number of fused-ring (bicyclic) bond motifs is 1. The molecule has 2 aliphatic rings. The molecule has 3 aromatic rings. The molecule has 1 aromatic carbocycles. The number of H-pyrrole nitrogens is 1. The Balaban J connectivity index is 1.58. The normalized spacial score (nSPS) is 21.7. The highest BCUT2D eigenvalue weighted by molar-refractivity contribution is 5.79. The Morgan fingerprint density at radius 1 is 1.23 bits per heavy atom. The molecule has 0 aliphatic carbocycles. The van der Waals surface area contributed by atoms with E-state index in [1.165, 1.54) is 0 Å². The molecule has 1 N–H and O–H groups in total. The van der Waals surface area contributed by atoms with E-state index in [1.807, 2.05) is 23.7 Å². The summed E-state index contributed by atoms with van der Waals surface area (Å²) >= 11 is 0. The van der Waals surface area contributed by atoms with Gasteiger partial charge in [-0.3, -0.25) is 9.69 Å². The fourth-order valence-corrected chi connectivity index (χ4v) is 4.84. The molecule has 8 nitrogen and oxygen atoms in total. The smallest absolute Gasteiger partial charge is 0.253 e. The zero-order valence-corrected chi connectivity index (χ0v) is 18.3. The van der Waals surface area contributed by atoms with Crippen molar-refractivity contribution >= 4 is 10.9 Å². The summed E-state index contributed by atoms with van der Waals surface area (Å²) in [5, 5.41) is 13.7. The molecule has 164 valence electrons. The van der Waals surface area contributed by atoms with Crippen LogP contribution >= 0.6 is 0 Å². The van der Waals surface area contributed by atoms with Crippen LogP contribution in [0.3, 0.4) is 0 Å². The van der Waals surface area contributed by atoms with Gasteiger partial charge >= 0.3 is 0 Å². The van der Waals surface area contributed by atoms with Crippen LogP contribution in [0.15, 0.2) is 29.1 Å². The monoisotopic (exact) mass is 422 g/mol. The number of hydrogen-bond donors (Lipinski definition) is 1. The lowest BCUT2D eigenvalue weighted by molar-refractivity contribution is 0.0894. The number of hydrogen-bond acceptors (Lipinski definition) is 6. The number of rotatable bonds is 5. The number of aromatic nitrogens is 5. The average Bonchev–Trinajstić information content (AvgIpc) is 3.43. The molecule has 0 unspecified atom stereocenters. The van der Waals surface area contributed by atoms with Gasteiger partial charge in [0, 0.05) is 17.7 Å². The summed E-state index contributed by atoms with van der Waals surface area (Å²) in [7, 11) is 0. The first-order valence-corrected chi connectivity index (χ1v) is 11.3. The van der Waals surface area contributed by atoms with Crippen LogP contribution < -0.4 is 5.56 Å². The van der Waals surface area contributed by atoms with Crippen molar-refractivity contribution in [3.63, 3.8) is 0 Å². The molecule has 2 atom stereocenters. The first kappa shape index (κ1) is 20.3. The van der Waals surface area contributed by atoms with E-state index in [0.29, 0.717) is 18.0 Å². The Labute approximate surface area is 181 Å². The van der Waals surface area contributed by atoms with Crippen molar-refractivity contribution in [1.82, 2.24) is 30.1 Å². The van der Waals surface area contributed by atoms with Gasteiger partial charge in [0.05, 0.1) is 12.6 Å². The topological polar surface area (TPSA) is 88.9 Å². The van der Waals surface area contributed by atoms with Gasteiger partial charge in [-0.15, -0.1) is 5.10 Å². The van der Waals surface area contributed by atoms with Crippen LogP contribution in [0.4, 0.5) is 0 Å². The zero-order valence-electron chi connectivity index (χ0n) is 18.3. The minimum absolute atomic E-state index is 0.0756. The summed E-state index contributed by atoms with van der Waals surface area (Å²) in [6.07, 6.45) is 4.42. The van der Waals surface area contributed by atoms with Gasteiger partial charge in [-0.05, 0) is 85.1 Å². The molecular formula is C23H30N6O2. The minimum atomic E-state index is -0.279. The van der Waals surface area contributed by atoms with Crippen LogP contribution in [0.5, 0.6) is 0 Å². The number of benzene rings is 1. The van der Waals surface area contributed by atoms with E-state index in [2.05, 4.69) is 44.5 Å². The van der Waals surface area contributed by atoms with E-state index in [-0.39, 0.29) is 17.7 Å². The highest BCUT2D eigenvalue weighted by atomic mass is 16.5. The van der Waals surface area contributed by atoms with E-state index in [4.69, 9.17) is 4.74 Å². The Morgan fingerprint density at radius 3 is 2.84 bits per heavy atom. The molecule has 5 rings (SSSR count). The molecule has 0 saturated carbocycles. The summed E-state index contributed by atoms with van der Waals surface area (Å²) in [6, 6.07) is 7.89. The maximum Gasteiger partial charge on any atom is 0.253 e. The standard InChI is InChI=1S/C23H30N6O2/c1-15-7-9-28(10-8-15)21(22-25-26-27-29(22)14-18-4-3-11-31-18)19-13-17-6-5-16(2)12-20(17)24-23(19)30/h5-6,12-13,15,18,21H,3-4,7-11,14H2,1-2H3,(H,24,30)/t18-,21-/m0/s1. The number of aryl methyl sites for hydroxylation is 1. The predicted octanol–water partition coefficient (Wildman–Crippen LogP) is 2.82. The number of tetrazole rings is 1. The Bertz CT molecular complexity index is 1110. The number of likely N-dealkylation sites (tertiary alicyclic amines) is 1. The fourth-order valence-electron chi connectivity index (χ4n) is 4.84. The van der Waals surface area contributed by atoms with Gasteiger partial charge in [0.2, 0.25) is 0 Å². The fraction of sp³-hybridized carbons (Fsp3) is 0.565. The Hall–Kier alpha value is -2.58. The molecule has 0 bridgehead atoms. The average molecular weight is 423 g/mol. The molecule has 0 spiro atoms. The highest BCUT2D eigenvalue weighted by Crippen LogP contribution is 2.31. The molecule has 0 amide bonds. The number of pyridine rings is 1. The summed E-state index contributed by atoms with van der Waals surface area (Å²) < 4.78 is 7.67. The third-order valence-electron chi connectivity index (χ3n) is 6.71. The molecule has 2 fully saturated rings. The third kappa shape index (κ3) is 4.14. The number of nitrogens with zero attached hydrogens (tertiary/aromatic N) is 5. The van der Waals surface area contributed by atoms with Gasteiger partial charge in [0.1, 0.15) is 6.04 Å². The molecule has 0 radical (unpaired) electrons. The molecular weight excluding hydrogens is 392 g/mol. The third-order valence-corrected chi connectivity index (χ3v) is 6.71. The molecule has 2 saturated heterocycles. The van der Waals surface area contributed by atoms with Crippen LogP contribution in [0, 0.1) is 12.8 Å². The van der Waals surface area contributed by atoms with Gasteiger partial charge in [-0.2, -0.15) is 0 Å². The second kappa shape index (κ2) is 8.51. The lowest BCUT2D eigenvalue weighted by Gasteiger charge is -2.36. The Kier molecular flexibility index (Phi) is 5.58. The summed E-state index contributed by atoms with van der Waals surface area (Å²) in [6.45, 7) is 7.57. The van der Waals surface area contributed by atoms with Crippen LogP contribution in [0.25, 0.3) is 10.9 Å². The van der Waals surface area contributed by atoms with Crippen LogP contribution in [0.2, 0.25) is 0 Å². The van der Waals surface area contributed by atoms with Crippen LogP contribution in [0.1, 0.15) is 55.6 Å². The van der Waals surface area contributed by atoms with Gasteiger partial charge in [0.15, 0.2) is 5.82 Å². The van der Waals surface area contributed by atoms with Crippen molar-refractivity contribution in [2.24, 2.45) is 5.92 Å². The van der Waals surface area contributed by atoms with E-state index in [1.54, 1.807) is 0 Å². The summed E-state index contributed by atoms with van der Waals surface area (Å²) in [4.78, 5) is 18.7. The van der Waals surface area contributed by atoms with E-state index < -0.39 is 0 Å². The van der Waals surface area contributed by atoms with Gasteiger partial charge in [-0.1, -0.05) is 19.1 Å². The zero-order chi connectivity index (χ0) is 21.4. The van der Waals surface area contributed by atoms with E-state index >= 15 is 0 Å². The summed E-state index contributed by atoms with van der Waals surface area (Å²) in [5.41, 5.74) is 2.61. The predicted molar refractivity (Wildman–Crippen MR) is 118 cm³/mol. The lowest BCUT2D eigenvalue weighted by atomic mass is 9.95. The molecule has 2 aromatic heterocycles. The van der Waals surface area contributed by atoms with E-state index in [0.717, 1.165) is 67.7 Å². The number of nitrogens with one attached hydrogen (secondary N) is 1. The quantitative estimate of drug-likeness (QED) is 0.680. The van der Waals surface area contributed by atoms with Gasteiger partial charge in [0.25, 0.3) is 5.56 Å². The summed E-state index contributed by atoms with van der Waals surface area (Å²) in [5.74, 6) is 1.42. The molecule has 4 heterocycles. The second-order valence-corrected chi connectivity index (χ2v) is 9.12. The molecule has 2 aliphatic heterocycles. The largest absolute Gasteiger partial charge is 0.376 e. The second-order valence-electron chi connectivity index (χ2n) is 9.12. The maximum atomic E-state index is 13.3. The van der Waals surface area contributed by atoms with Crippen molar-refractivity contribution in [3.05, 3.63) is 51.6 Å². The maximum absolute atomic E-state index is 13.3. The van der Waals surface area contributed by atoms with Crippen molar-refractivity contribution < 1.29 is 4.74 Å². The highest BCUT2D eigenvalue weighted by Gasteiger charge is 2.33. The van der Waals surface area contributed by atoms with E-state index in [9.17, 15) is 4.79 Å². The number of aromatic amines is 1.